The quantitative estimate of drug-likeness (QED) is 0.361. The summed E-state index contributed by atoms with van der Waals surface area (Å²) >= 11 is 0. The van der Waals surface area contributed by atoms with Gasteiger partial charge in [-0.05, 0) is 18.9 Å². The van der Waals surface area contributed by atoms with Crippen molar-refractivity contribution in [2.75, 3.05) is 14.1 Å². The first-order valence-corrected chi connectivity index (χ1v) is 6.62. The molecule has 0 fully saturated rings. The Balaban J connectivity index is 3.52. The van der Waals surface area contributed by atoms with E-state index in [1.807, 2.05) is 6.08 Å². The Hall–Kier alpha value is -1.32. The third-order valence-corrected chi connectivity index (χ3v) is 2.56. The summed E-state index contributed by atoms with van der Waals surface area (Å²) < 4.78 is 4.89. The SMILES string of the molecule is CCCCCCC=COC(=O)CCC(=O)N(C)C. The Morgan fingerprint density at radius 1 is 1.11 bits per heavy atom. The fourth-order valence-corrected chi connectivity index (χ4v) is 1.37. The van der Waals surface area contributed by atoms with Gasteiger partial charge in [0, 0.05) is 20.5 Å². The summed E-state index contributed by atoms with van der Waals surface area (Å²) in [5.41, 5.74) is 0. The van der Waals surface area contributed by atoms with E-state index in [0.717, 1.165) is 12.8 Å². The second-order valence-electron chi connectivity index (χ2n) is 4.50. The molecule has 18 heavy (non-hydrogen) atoms. The summed E-state index contributed by atoms with van der Waals surface area (Å²) in [5, 5.41) is 0. The van der Waals surface area contributed by atoms with E-state index < -0.39 is 0 Å². The van der Waals surface area contributed by atoms with Gasteiger partial charge in [0.15, 0.2) is 0 Å². The zero-order valence-electron chi connectivity index (χ0n) is 11.8. The summed E-state index contributed by atoms with van der Waals surface area (Å²) in [6, 6.07) is 0. The zero-order valence-corrected chi connectivity index (χ0v) is 11.8. The van der Waals surface area contributed by atoms with Crippen LogP contribution >= 0.6 is 0 Å². The normalized spacial score (nSPS) is 10.6. The molecule has 0 aliphatic heterocycles. The molecule has 0 spiro atoms. The van der Waals surface area contributed by atoms with E-state index in [2.05, 4.69) is 6.92 Å². The number of hydrogen-bond acceptors (Lipinski definition) is 3. The first kappa shape index (κ1) is 16.7. The molecule has 0 N–H and O–H groups in total. The van der Waals surface area contributed by atoms with Crippen molar-refractivity contribution in [1.29, 1.82) is 0 Å². The summed E-state index contributed by atoms with van der Waals surface area (Å²) in [7, 11) is 3.34. The van der Waals surface area contributed by atoms with Crippen LogP contribution in [0.4, 0.5) is 0 Å². The average molecular weight is 255 g/mol. The summed E-state index contributed by atoms with van der Waals surface area (Å²) in [5.74, 6) is -0.412. The van der Waals surface area contributed by atoms with E-state index in [9.17, 15) is 9.59 Å². The second kappa shape index (κ2) is 10.8. The molecule has 0 rings (SSSR count). The lowest BCUT2D eigenvalue weighted by Crippen LogP contribution is -2.22. The fourth-order valence-electron chi connectivity index (χ4n) is 1.37. The Morgan fingerprint density at radius 2 is 1.83 bits per heavy atom. The van der Waals surface area contributed by atoms with Crippen molar-refractivity contribution >= 4 is 11.9 Å². The molecule has 0 radical (unpaired) electrons. The summed E-state index contributed by atoms with van der Waals surface area (Å²) in [6.07, 6.45) is 9.39. The summed E-state index contributed by atoms with van der Waals surface area (Å²) in [6.45, 7) is 2.17. The predicted octanol–water partition coefficient (Wildman–Crippen LogP) is 2.88. The number of ether oxygens (including phenoxy) is 1. The van der Waals surface area contributed by atoms with Crippen molar-refractivity contribution in [1.82, 2.24) is 4.90 Å². The molecule has 0 aromatic heterocycles. The van der Waals surface area contributed by atoms with Gasteiger partial charge in [0.1, 0.15) is 0 Å². The Morgan fingerprint density at radius 3 is 2.44 bits per heavy atom. The molecule has 0 atom stereocenters. The highest BCUT2D eigenvalue weighted by Crippen LogP contribution is 2.03. The van der Waals surface area contributed by atoms with E-state index >= 15 is 0 Å². The molecule has 0 saturated carbocycles. The highest BCUT2D eigenvalue weighted by Gasteiger charge is 2.08. The van der Waals surface area contributed by atoms with Crippen LogP contribution in [0.3, 0.4) is 0 Å². The highest BCUT2D eigenvalue weighted by molar-refractivity contribution is 5.81. The van der Waals surface area contributed by atoms with E-state index in [4.69, 9.17) is 4.74 Å². The van der Waals surface area contributed by atoms with Gasteiger partial charge in [0.25, 0.3) is 0 Å². The lowest BCUT2D eigenvalue weighted by atomic mass is 10.1. The molecule has 4 nitrogen and oxygen atoms in total. The van der Waals surface area contributed by atoms with Gasteiger partial charge in [-0.2, -0.15) is 0 Å². The number of unbranched alkanes of at least 4 members (excludes halogenated alkanes) is 4. The van der Waals surface area contributed by atoms with Crippen molar-refractivity contribution in [3.63, 3.8) is 0 Å². The second-order valence-corrected chi connectivity index (χ2v) is 4.50. The van der Waals surface area contributed by atoms with Gasteiger partial charge in [-0.15, -0.1) is 0 Å². The lowest BCUT2D eigenvalue weighted by molar-refractivity contribution is -0.141. The summed E-state index contributed by atoms with van der Waals surface area (Å²) in [4.78, 5) is 24.0. The van der Waals surface area contributed by atoms with Crippen molar-refractivity contribution < 1.29 is 14.3 Å². The lowest BCUT2D eigenvalue weighted by Gasteiger charge is -2.08. The third kappa shape index (κ3) is 9.87. The minimum atomic E-state index is -0.352. The Labute approximate surface area is 110 Å². The van der Waals surface area contributed by atoms with Gasteiger partial charge in [-0.3, -0.25) is 9.59 Å². The van der Waals surface area contributed by atoms with Gasteiger partial charge in [-0.1, -0.05) is 26.2 Å². The van der Waals surface area contributed by atoms with E-state index in [1.165, 1.54) is 30.4 Å². The molecular weight excluding hydrogens is 230 g/mol. The monoisotopic (exact) mass is 255 g/mol. The first-order chi connectivity index (χ1) is 8.57. The van der Waals surface area contributed by atoms with Gasteiger partial charge in [-0.25, -0.2) is 0 Å². The molecule has 0 bridgehead atoms. The largest absolute Gasteiger partial charge is 0.435 e. The maximum atomic E-state index is 11.3. The van der Waals surface area contributed by atoms with Gasteiger partial charge in [0.05, 0.1) is 12.7 Å². The molecule has 0 unspecified atom stereocenters. The number of esters is 1. The average Bonchev–Trinajstić information content (AvgIpc) is 2.34. The van der Waals surface area contributed by atoms with Crippen LogP contribution in [0.2, 0.25) is 0 Å². The van der Waals surface area contributed by atoms with Crippen LogP contribution in [0.15, 0.2) is 12.3 Å². The molecule has 0 aromatic rings. The number of rotatable bonds is 9. The van der Waals surface area contributed by atoms with Gasteiger partial charge < -0.3 is 9.64 Å². The maximum Gasteiger partial charge on any atom is 0.311 e. The van der Waals surface area contributed by atoms with E-state index in [0.29, 0.717) is 0 Å². The number of carbonyl (C=O) groups excluding carboxylic acids is 2. The maximum absolute atomic E-state index is 11.3. The van der Waals surface area contributed by atoms with Crippen molar-refractivity contribution in [3.05, 3.63) is 12.3 Å². The van der Waals surface area contributed by atoms with Crippen LogP contribution < -0.4 is 0 Å². The minimum absolute atomic E-state index is 0.0597. The van der Waals surface area contributed by atoms with Crippen molar-refractivity contribution in [2.24, 2.45) is 0 Å². The predicted molar refractivity (Wildman–Crippen MR) is 71.9 cm³/mol. The number of carbonyl (C=O) groups is 2. The highest BCUT2D eigenvalue weighted by atomic mass is 16.5. The molecule has 0 aromatic carbocycles. The molecule has 104 valence electrons. The number of nitrogens with zero attached hydrogens (tertiary/aromatic N) is 1. The zero-order chi connectivity index (χ0) is 13.8. The molecule has 0 aliphatic carbocycles. The van der Waals surface area contributed by atoms with Gasteiger partial charge >= 0.3 is 5.97 Å². The van der Waals surface area contributed by atoms with Crippen molar-refractivity contribution in [3.8, 4) is 0 Å². The molecule has 0 heterocycles. The van der Waals surface area contributed by atoms with Crippen LogP contribution in [-0.2, 0) is 14.3 Å². The van der Waals surface area contributed by atoms with Crippen LogP contribution in [0.25, 0.3) is 0 Å². The van der Waals surface area contributed by atoms with Crippen LogP contribution in [0.5, 0.6) is 0 Å². The van der Waals surface area contributed by atoms with Crippen molar-refractivity contribution in [2.45, 2.75) is 51.9 Å². The first-order valence-electron chi connectivity index (χ1n) is 6.62. The molecule has 4 heteroatoms. The standard InChI is InChI=1S/C14H25NO3/c1-4-5-6-7-8-9-12-18-14(17)11-10-13(16)15(2)3/h9,12H,4-8,10-11H2,1-3H3. The topological polar surface area (TPSA) is 46.6 Å². The van der Waals surface area contributed by atoms with E-state index in [-0.39, 0.29) is 24.7 Å². The fraction of sp³-hybridized carbons (Fsp3) is 0.714. The minimum Gasteiger partial charge on any atom is -0.435 e. The van der Waals surface area contributed by atoms with Crippen LogP contribution in [0.1, 0.15) is 51.9 Å². The van der Waals surface area contributed by atoms with Gasteiger partial charge in [0.2, 0.25) is 5.91 Å². The molecule has 0 aliphatic rings. The number of amides is 1. The Kier molecular flexibility index (Phi) is 10.0. The third-order valence-electron chi connectivity index (χ3n) is 2.56. The van der Waals surface area contributed by atoms with Crippen LogP contribution in [0, 0.1) is 0 Å². The Bertz CT molecular complexity index is 272. The van der Waals surface area contributed by atoms with Crippen LogP contribution in [-0.4, -0.2) is 30.9 Å². The number of hydrogen-bond donors (Lipinski definition) is 0. The molecule has 1 amide bonds. The number of allylic oxidation sites excluding steroid dienone is 1. The molecular formula is C14H25NO3. The van der Waals surface area contributed by atoms with E-state index in [1.54, 1.807) is 14.1 Å². The smallest absolute Gasteiger partial charge is 0.311 e. The molecule has 0 saturated heterocycles.